The first-order valence-corrected chi connectivity index (χ1v) is 16.4. The lowest BCUT2D eigenvalue weighted by atomic mass is 9.89. The fourth-order valence-electron chi connectivity index (χ4n) is 6.97. The van der Waals surface area contributed by atoms with Crippen molar-refractivity contribution in [3.8, 4) is 29.0 Å². The lowest BCUT2D eigenvalue weighted by Gasteiger charge is -2.41. The summed E-state index contributed by atoms with van der Waals surface area (Å²) in [5, 5.41) is 13.5. The van der Waals surface area contributed by atoms with Gasteiger partial charge in [0.15, 0.2) is 11.6 Å². The standard InChI is InChI=1S/C32H32ClF2N7O3S/c1-41(2)12-15-7-9-38-31(43)16-3-4-17-8-10-44-27-23-26(39-32(45-14-15)40-30(23)42(17)13-16)25(35)22(24(27)33)18-5-6-20(34)28-21(18)19(11-36)29(37)46-28/h5-6,15-17H,3-4,7-10,12-14,37H2,1-2H3,(H,38,43). The van der Waals surface area contributed by atoms with E-state index in [2.05, 4.69) is 10.3 Å². The van der Waals surface area contributed by atoms with E-state index in [9.17, 15) is 14.4 Å². The molecule has 3 aliphatic rings. The van der Waals surface area contributed by atoms with Gasteiger partial charge in [0, 0.05) is 49.0 Å². The van der Waals surface area contributed by atoms with Crippen molar-refractivity contribution in [2.45, 2.75) is 31.7 Å². The number of nitriles is 1. The van der Waals surface area contributed by atoms with E-state index in [1.54, 1.807) is 0 Å². The molecular weight excluding hydrogens is 636 g/mol. The van der Waals surface area contributed by atoms with Gasteiger partial charge in [0.05, 0.1) is 39.8 Å². The van der Waals surface area contributed by atoms with Crippen molar-refractivity contribution in [1.82, 2.24) is 20.2 Å². The van der Waals surface area contributed by atoms with Gasteiger partial charge in [0.1, 0.15) is 28.2 Å². The van der Waals surface area contributed by atoms with Gasteiger partial charge in [-0.15, -0.1) is 11.3 Å². The molecule has 3 atom stereocenters. The number of nitrogens with one attached hydrogen (secondary N) is 1. The van der Waals surface area contributed by atoms with E-state index in [4.69, 9.17) is 31.8 Å². The summed E-state index contributed by atoms with van der Waals surface area (Å²) < 4.78 is 44.7. The monoisotopic (exact) mass is 667 g/mol. The number of hydrogen-bond acceptors (Lipinski definition) is 10. The molecule has 5 heterocycles. The zero-order chi connectivity index (χ0) is 32.3. The third kappa shape index (κ3) is 5.12. The Balaban J connectivity index is 1.50. The average Bonchev–Trinajstić information content (AvgIpc) is 3.37. The van der Waals surface area contributed by atoms with E-state index in [1.165, 1.54) is 12.1 Å². The van der Waals surface area contributed by atoms with Crippen molar-refractivity contribution >= 4 is 60.7 Å². The third-order valence-corrected chi connectivity index (χ3v) is 10.5. The molecule has 1 fully saturated rings. The summed E-state index contributed by atoms with van der Waals surface area (Å²) >= 11 is 7.95. The fourth-order valence-corrected chi connectivity index (χ4v) is 8.25. The molecule has 3 unspecified atom stereocenters. The first-order valence-electron chi connectivity index (χ1n) is 15.2. The van der Waals surface area contributed by atoms with Crippen LogP contribution in [0, 0.1) is 34.8 Å². The number of piperidine rings is 1. The van der Waals surface area contributed by atoms with Gasteiger partial charge in [-0.25, -0.2) is 8.78 Å². The highest BCUT2D eigenvalue weighted by Gasteiger charge is 2.38. The van der Waals surface area contributed by atoms with Crippen LogP contribution in [0.5, 0.6) is 11.8 Å². The second-order valence-electron chi connectivity index (χ2n) is 12.4. The lowest BCUT2D eigenvalue weighted by molar-refractivity contribution is -0.125. The van der Waals surface area contributed by atoms with Crippen LogP contribution in [0.1, 0.15) is 31.2 Å². The number of anilines is 2. The zero-order valence-corrected chi connectivity index (χ0v) is 26.9. The molecule has 10 nitrogen and oxygen atoms in total. The minimum absolute atomic E-state index is 0.00824. The minimum Gasteiger partial charge on any atom is -0.491 e. The first kappa shape index (κ1) is 30.7. The van der Waals surface area contributed by atoms with Crippen LogP contribution in [0.4, 0.5) is 19.6 Å². The number of nitrogens with two attached hydrogens (primary N) is 1. The van der Waals surface area contributed by atoms with Crippen LogP contribution in [0.15, 0.2) is 12.1 Å². The van der Waals surface area contributed by atoms with Gasteiger partial charge in [-0.05, 0) is 45.0 Å². The van der Waals surface area contributed by atoms with Crippen molar-refractivity contribution in [1.29, 1.82) is 5.26 Å². The Bertz CT molecular complexity index is 1930. The highest BCUT2D eigenvalue weighted by atomic mass is 35.5. The summed E-state index contributed by atoms with van der Waals surface area (Å²) in [6.07, 6.45) is 2.73. The molecule has 1 amide bonds. The van der Waals surface area contributed by atoms with Crippen LogP contribution in [0.25, 0.3) is 32.1 Å². The highest BCUT2D eigenvalue weighted by molar-refractivity contribution is 7.23. The topological polar surface area (TPSA) is 130 Å². The van der Waals surface area contributed by atoms with Gasteiger partial charge >= 0.3 is 6.01 Å². The number of carbonyl (C=O) groups excluding carboxylic acids is 1. The maximum atomic E-state index is 17.1. The van der Waals surface area contributed by atoms with Crippen LogP contribution in [0.3, 0.4) is 0 Å². The van der Waals surface area contributed by atoms with Crippen LogP contribution in [-0.2, 0) is 4.79 Å². The number of ether oxygens (including phenoxy) is 2. The van der Waals surface area contributed by atoms with Crippen molar-refractivity contribution in [2.75, 3.05) is 57.6 Å². The summed E-state index contributed by atoms with van der Waals surface area (Å²) in [6.45, 7) is 2.11. The Morgan fingerprint density at radius 3 is 2.80 bits per heavy atom. The molecule has 2 aromatic heterocycles. The molecule has 240 valence electrons. The number of rotatable bonds is 3. The number of benzene rings is 2. The van der Waals surface area contributed by atoms with Gasteiger partial charge < -0.3 is 30.3 Å². The number of aromatic nitrogens is 2. The molecule has 3 aliphatic heterocycles. The maximum absolute atomic E-state index is 17.1. The summed E-state index contributed by atoms with van der Waals surface area (Å²) in [5.41, 5.74) is 6.16. The Kier molecular flexibility index (Phi) is 7.99. The van der Waals surface area contributed by atoms with E-state index in [0.29, 0.717) is 44.7 Å². The van der Waals surface area contributed by atoms with E-state index in [0.717, 1.165) is 17.8 Å². The number of hydrogen-bond donors (Lipinski definition) is 2. The molecule has 4 bridgehead atoms. The molecule has 46 heavy (non-hydrogen) atoms. The normalized spacial score (nSPS) is 21.5. The van der Waals surface area contributed by atoms with Crippen molar-refractivity contribution < 1.29 is 23.0 Å². The summed E-state index contributed by atoms with van der Waals surface area (Å²) in [7, 11) is 3.93. The van der Waals surface area contributed by atoms with Gasteiger partial charge in [-0.1, -0.05) is 17.7 Å². The molecule has 0 saturated carbocycles. The summed E-state index contributed by atoms with van der Waals surface area (Å²) in [5.74, 6) is -1.09. The minimum atomic E-state index is -0.792. The second kappa shape index (κ2) is 12.0. The fraction of sp³-hybridized carbons (Fsp3) is 0.438. The Morgan fingerprint density at radius 2 is 2.02 bits per heavy atom. The SMILES string of the molecule is CN(C)CC1CCNC(=O)C2CCC3CCOc4c(Cl)c(-c5ccc(F)c6sc(N)c(C#N)c56)c(F)c5nc(nc(c45)N3C2)OC1. The third-order valence-electron chi connectivity index (χ3n) is 9.11. The number of fused-ring (bicyclic) bond motifs is 3. The quantitative estimate of drug-likeness (QED) is 0.297. The molecule has 3 N–H and O–H groups in total. The number of amides is 1. The van der Waals surface area contributed by atoms with E-state index in [-0.39, 0.29) is 96.5 Å². The van der Waals surface area contributed by atoms with Crippen molar-refractivity contribution in [2.24, 2.45) is 11.8 Å². The molecule has 7 rings (SSSR count). The van der Waals surface area contributed by atoms with Crippen molar-refractivity contribution in [3.05, 3.63) is 34.4 Å². The van der Waals surface area contributed by atoms with Gasteiger partial charge in [0.2, 0.25) is 5.91 Å². The molecule has 2 aromatic carbocycles. The molecule has 4 aromatic rings. The molecule has 0 radical (unpaired) electrons. The lowest BCUT2D eigenvalue weighted by Crippen LogP contribution is -2.49. The largest absolute Gasteiger partial charge is 0.491 e. The average molecular weight is 668 g/mol. The van der Waals surface area contributed by atoms with Gasteiger partial charge in [-0.3, -0.25) is 4.79 Å². The van der Waals surface area contributed by atoms with Crippen LogP contribution in [0.2, 0.25) is 5.02 Å². The summed E-state index contributed by atoms with van der Waals surface area (Å²) in [4.78, 5) is 26.8. The molecule has 1 saturated heterocycles. The molecule has 0 spiro atoms. The molecule has 14 heteroatoms. The zero-order valence-electron chi connectivity index (χ0n) is 25.3. The van der Waals surface area contributed by atoms with Crippen LogP contribution < -0.4 is 25.4 Å². The van der Waals surface area contributed by atoms with Gasteiger partial charge in [0.25, 0.3) is 0 Å². The number of carbonyl (C=O) groups is 1. The van der Waals surface area contributed by atoms with E-state index >= 15 is 4.39 Å². The van der Waals surface area contributed by atoms with Gasteiger partial charge in [-0.2, -0.15) is 15.2 Å². The highest BCUT2D eigenvalue weighted by Crippen LogP contribution is 2.51. The maximum Gasteiger partial charge on any atom is 0.319 e. The Labute approximate surface area is 273 Å². The predicted molar refractivity (Wildman–Crippen MR) is 174 cm³/mol. The number of nitrogens with zero attached hydrogens (tertiary/aromatic N) is 5. The molecule has 0 aliphatic carbocycles. The van der Waals surface area contributed by atoms with Crippen LogP contribution in [-0.4, -0.2) is 73.8 Å². The smallest absolute Gasteiger partial charge is 0.319 e. The second-order valence-corrected chi connectivity index (χ2v) is 13.8. The van der Waals surface area contributed by atoms with Crippen molar-refractivity contribution in [3.63, 3.8) is 0 Å². The Hall–Kier alpha value is -3.99. The number of nitrogen functional groups attached to an aromatic ring is 1. The number of thiophene rings is 1. The first-order chi connectivity index (χ1) is 22.2. The summed E-state index contributed by atoms with van der Waals surface area (Å²) in [6, 6.07) is 4.61. The predicted octanol–water partition coefficient (Wildman–Crippen LogP) is 5.34. The van der Waals surface area contributed by atoms with E-state index < -0.39 is 11.6 Å². The van der Waals surface area contributed by atoms with Crippen LogP contribution >= 0.6 is 22.9 Å². The Morgan fingerprint density at radius 1 is 1.20 bits per heavy atom. The number of halogens is 3. The molecular formula is C32H32ClF2N7O3S. The van der Waals surface area contributed by atoms with E-state index in [1.807, 2.05) is 30.0 Å².